The number of rotatable bonds is 47. The molecule has 1 atom stereocenters. The summed E-state index contributed by atoms with van der Waals surface area (Å²) in [5.74, 6) is -0.994. The Morgan fingerprint density at radius 3 is 0.970 bits per heavy atom. The molecule has 0 saturated carbocycles. The van der Waals surface area contributed by atoms with E-state index in [1.54, 1.807) is 0 Å². The van der Waals surface area contributed by atoms with Gasteiger partial charge in [-0.25, -0.2) is 0 Å². The quantitative estimate of drug-likeness (QED) is 0.0262. The number of hydrogen-bond donors (Lipinski definition) is 0. The van der Waals surface area contributed by atoms with Gasteiger partial charge < -0.3 is 14.2 Å². The molecule has 0 fully saturated rings. The van der Waals surface area contributed by atoms with Crippen LogP contribution in [0.15, 0.2) is 122 Å². The smallest absolute Gasteiger partial charge is 0.306 e. The van der Waals surface area contributed by atoms with E-state index >= 15 is 0 Å². The molecule has 67 heavy (non-hydrogen) atoms. The Bertz CT molecular complexity index is 1440. The average molecular weight is 927 g/mol. The molecule has 0 saturated heterocycles. The van der Waals surface area contributed by atoms with Gasteiger partial charge in [-0.05, 0) is 89.9 Å². The number of carbonyl (C=O) groups is 3. The maximum absolute atomic E-state index is 12.8. The third-order valence-electron chi connectivity index (χ3n) is 11.1. The molecule has 0 rings (SSSR count). The van der Waals surface area contributed by atoms with Crippen molar-refractivity contribution in [2.75, 3.05) is 13.2 Å². The molecular weight excluding hydrogens is 829 g/mol. The van der Waals surface area contributed by atoms with E-state index in [0.717, 1.165) is 116 Å². The van der Waals surface area contributed by atoms with Gasteiger partial charge in [0.2, 0.25) is 0 Å². The van der Waals surface area contributed by atoms with Gasteiger partial charge in [0.05, 0.1) is 0 Å². The Balaban J connectivity index is 4.53. The van der Waals surface area contributed by atoms with E-state index in [9.17, 15) is 14.4 Å². The Morgan fingerprint density at radius 1 is 0.313 bits per heavy atom. The van der Waals surface area contributed by atoms with Crippen LogP contribution in [0.1, 0.15) is 226 Å². The lowest BCUT2D eigenvalue weighted by molar-refractivity contribution is -0.167. The first-order valence-corrected chi connectivity index (χ1v) is 27.2. The summed E-state index contributed by atoms with van der Waals surface area (Å²) in [4.78, 5) is 38.1. The van der Waals surface area contributed by atoms with Gasteiger partial charge in [0.1, 0.15) is 13.2 Å². The van der Waals surface area contributed by atoms with Gasteiger partial charge in [0.15, 0.2) is 6.10 Å². The van der Waals surface area contributed by atoms with E-state index in [2.05, 4.69) is 106 Å². The number of unbranched alkanes of at least 4 members (excludes halogenated alkanes) is 23. The first-order chi connectivity index (χ1) is 33.0. The summed E-state index contributed by atoms with van der Waals surface area (Å²) in [6.45, 7) is 6.38. The summed E-state index contributed by atoms with van der Waals surface area (Å²) in [5, 5.41) is 0. The van der Waals surface area contributed by atoms with Gasteiger partial charge in [-0.3, -0.25) is 14.4 Å². The largest absolute Gasteiger partial charge is 0.462 e. The molecular formula is C61H98O6. The van der Waals surface area contributed by atoms with Gasteiger partial charge in [-0.2, -0.15) is 0 Å². The molecule has 0 N–H and O–H groups in total. The van der Waals surface area contributed by atoms with E-state index in [4.69, 9.17) is 14.2 Å². The summed E-state index contributed by atoms with van der Waals surface area (Å²) >= 11 is 0. The second-order valence-electron chi connectivity index (χ2n) is 17.6. The summed E-state index contributed by atoms with van der Waals surface area (Å²) < 4.78 is 16.8. The van der Waals surface area contributed by atoms with E-state index < -0.39 is 6.10 Å². The maximum Gasteiger partial charge on any atom is 0.306 e. The Hall–Kier alpha value is -4.19. The van der Waals surface area contributed by atoms with Gasteiger partial charge in [-0.1, -0.05) is 239 Å². The fourth-order valence-electron chi connectivity index (χ4n) is 7.04. The van der Waals surface area contributed by atoms with Crippen LogP contribution in [-0.4, -0.2) is 37.2 Å². The standard InChI is InChI=1S/C61H98O6/c1-4-7-10-13-16-19-22-25-27-29-31-33-36-39-42-45-48-51-54-60(63)66-57-58(56-65-59(62)53-50-47-44-41-38-35-24-21-18-15-12-9-6-3)67-61(64)55-52-49-46-43-40-37-34-32-30-28-26-23-20-17-14-11-8-5-2/h9,12,15-16,18-19,21-22,24-25,27-35,38,58H,4-8,10-11,13-14,17,20,23,26,36-37,39-57H2,1-3H3/b12-9-,18-15-,19-16-,24-21-,25-22-,29-27-,30-28-,33-31-,34-32-,38-35-. The van der Waals surface area contributed by atoms with Crippen LogP contribution in [-0.2, 0) is 28.6 Å². The highest BCUT2D eigenvalue weighted by atomic mass is 16.6. The van der Waals surface area contributed by atoms with Crippen LogP contribution < -0.4 is 0 Å². The zero-order valence-electron chi connectivity index (χ0n) is 43.1. The molecule has 6 nitrogen and oxygen atoms in total. The third-order valence-corrected chi connectivity index (χ3v) is 11.1. The molecule has 0 aliphatic heterocycles. The Kier molecular flexibility index (Phi) is 51.0. The first kappa shape index (κ1) is 62.8. The van der Waals surface area contributed by atoms with Crippen LogP contribution in [0.5, 0.6) is 0 Å². The van der Waals surface area contributed by atoms with Crippen LogP contribution in [0.3, 0.4) is 0 Å². The van der Waals surface area contributed by atoms with Crippen LogP contribution in [0.4, 0.5) is 0 Å². The minimum absolute atomic E-state index is 0.113. The molecule has 0 bridgehead atoms. The second kappa shape index (κ2) is 54.4. The molecule has 6 heteroatoms. The zero-order chi connectivity index (χ0) is 48.6. The molecule has 378 valence electrons. The number of allylic oxidation sites excluding steroid dienone is 20. The van der Waals surface area contributed by atoms with Crippen LogP contribution in [0.25, 0.3) is 0 Å². The van der Waals surface area contributed by atoms with Gasteiger partial charge in [-0.15, -0.1) is 0 Å². The lowest BCUT2D eigenvalue weighted by atomic mass is 10.1. The van der Waals surface area contributed by atoms with Crippen molar-refractivity contribution >= 4 is 17.9 Å². The highest BCUT2D eigenvalue weighted by Crippen LogP contribution is 2.13. The fraction of sp³-hybridized carbons (Fsp3) is 0.623. The summed E-state index contributed by atoms with van der Waals surface area (Å²) in [5.41, 5.74) is 0. The molecule has 0 amide bonds. The molecule has 0 aliphatic rings. The summed E-state index contributed by atoms with van der Waals surface area (Å²) in [7, 11) is 0. The predicted molar refractivity (Wildman–Crippen MR) is 288 cm³/mol. The highest BCUT2D eigenvalue weighted by molar-refractivity contribution is 5.71. The SMILES string of the molecule is CC\C=C/C=C\C=C/C=C\CCCCCC(=O)OCC(COC(=O)CCCCCCC\C=C/C=C\C=C/C=C\CCCCC)OC(=O)CCCCCCC/C=C\C=C/CCCCCCCCC. The zero-order valence-corrected chi connectivity index (χ0v) is 43.1. The van der Waals surface area contributed by atoms with Gasteiger partial charge >= 0.3 is 17.9 Å². The third kappa shape index (κ3) is 52.6. The lowest BCUT2D eigenvalue weighted by Gasteiger charge is -2.18. The summed E-state index contributed by atoms with van der Waals surface area (Å²) in [6.07, 6.45) is 74.6. The van der Waals surface area contributed by atoms with Crippen molar-refractivity contribution in [1.82, 2.24) is 0 Å². The Labute approximate surface area is 412 Å². The first-order valence-electron chi connectivity index (χ1n) is 27.2. The number of hydrogen-bond acceptors (Lipinski definition) is 6. The normalized spacial score (nSPS) is 13.1. The molecule has 0 aromatic rings. The van der Waals surface area contributed by atoms with Crippen LogP contribution >= 0.6 is 0 Å². The van der Waals surface area contributed by atoms with Crippen molar-refractivity contribution in [3.8, 4) is 0 Å². The highest BCUT2D eigenvalue weighted by Gasteiger charge is 2.19. The monoisotopic (exact) mass is 927 g/mol. The van der Waals surface area contributed by atoms with Gasteiger partial charge in [0.25, 0.3) is 0 Å². The summed E-state index contributed by atoms with van der Waals surface area (Å²) in [6, 6.07) is 0. The number of ether oxygens (including phenoxy) is 3. The lowest BCUT2D eigenvalue weighted by Crippen LogP contribution is -2.30. The van der Waals surface area contributed by atoms with E-state index in [-0.39, 0.29) is 31.1 Å². The van der Waals surface area contributed by atoms with Crippen LogP contribution in [0.2, 0.25) is 0 Å². The number of carbonyl (C=O) groups excluding carboxylic acids is 3. The maximum atomic E-state index is 12.8. The molecule has 0 spiro atoms. The minimum Gasteiger partial charge on any atom is -0.462 e. The average Bonchev–Trinajstić information content (AvgIpc) is 3.33. The molecule has 1 unspecified atom stereocenters. The van der Waals surface area contributed by atoms with Crippen molar-refractivity contribution in [3.05, 3.63) is 122 Å². The predicted octanol–water partition coefficient (Wildman–Crippen LogP) is 18.1. The van der Waals surface area contributed by atoms with Crippen molar-refractivity contribution in [1.29, 1.82) is 0 Å². The molecule has 0 heterocycles. The van der Waals surface area contributed by atoms with Crippen molar-refractivity contribution < 1.29 is 28.6 Å². The van der Waals surface area contributed by atoms with E-state index in [0.29, 0.717) is 19.3 Å². The second-order valence-corrected chi connectivity index (χ2v) is 17.6. The van der Waals surface area contributed by atoms with Gasteiger partial charge in [0, 0.05) is 19.3 Å². The van der Waals surface area contributed by atoms with Crippen molar-refractivity contribution in [2.45, 2.75) is 232 Å². The molecule has 0 radical (unpaired) electrons. The topological polar surface area (TPSA) is 78.9 Å². The Morgan fingerprint density at radius 2 is 0.582 bits per heavy atom. The van der Waals surface area contributed by atoms with E-state index in [1.807, 2.05) is 36.5 Å². The minimum atomic E-state index is -0.816. The molecule has 0 aliphatic carbocycles. The van der Waals surface area contributed by atoms with E-state index in [1.165, 1.54) is 70.6 Å². The fourth-order valence-corrected chi connectivity index (χ4v) is 7.04. The molecule has 0 aromatic heterocycles. The van der Waals surface area contributed by atoms with Crippen molar-refractivity contribution in [2.24, 2.45) is 0 Å². The van der Waals surface area contributed by atoms with Crippen LogP contribution in [0, 0.1) is 0 Å². The number of esters is 3. The van der Waals surface area contributed by atoms with Crippen molar-refractivity contribution in [3.63, 3.8) is 0 Å². The molecule has 0 aromatic carbocycles.